The van der Waals surface area contributed by atoms with E-state index in [-0.39, 0.29) is 6.61 Å². The first-order chi connectivity index (χ1) is 10.2. The van der Waals surface area contributed by atoms with Crippen LogP contribution in [0.25, 0.3) is 16.9 Å². The number of rotatable bonds is 4. The van der Waals surface area contributed by atoms with Gasteiger partial charge in [0.15, 0.2) is 5.65 Å². The van der Waals surface area contributed by atoms with Crippen molar-refractivity contribution >= 4 is 23.1 Å². The average molecular weight is 303 g/mol. The smallest absolute Gasteiger partial charge is 0.158 e. The molecule has 0 saturated carbocycles. The van der Waals surface area contributed by atoms with Crippen LogP contribution < -0.4 is 5.32 Å². The molecule has 0 fully saturated rings. The number of hydrogen-bond donors (Lipinski definition) is 2. The molecule has 3 aromatic rings. The molecule has 3 rings (SSSR count). The number of aryl methyl sites for hydroxylation is 1. The van der Waals surface area contributed by atoms with Gasteiger partial charge in [-0.3, -0.25) is 0 Å². The lowest BCUT2D eigenvalue weighted by molar-refractivity contribution is 0.311. The maximum atomic E-state index is 8.96. The lowest BCUT2D eigenvalue weighted by Crippen LogP contribution is -2.10. The van der Waals surface area contributed by atoms with Gasteiger partial charge >= 0.3 is 0 Å². The van der Waals surface area contributed by atoms with Gasteiger partial charge in [0, 0.05) is 35.0 Å². The Labute approximate surface area is 127 Å². The number of hydrogen-bond acceptors (Lipinski definition) is 4. The van der Waals surface area contributed by atoms with Crippen molar-refractivity contribution in [3.63, 3.8) is 0 Å². The molecule has 6 heteroatoms. The number of halogens is 1. The molecule has 0 unspecified atom stereocenters. The van der Waals surface area contributed by atoms with E-state index in [1.165, 1.54) is 0 Å². The van der Waals surface area contributed by atoms with Gasteiger partial charge in [0.2, 0.25) is 0 Å². The molecular weight excluding hydrogens is 288 g/mol. The minimum absolute atomic E-state index is 0.0608. The number of aromatic nitrogens is 3. The highest BCUT2D eigenvalue weighted by Crippen LogP contribution is 2.24. The maximum Gasteiger partial charge on any atom is 0.158 e. The third kappa shape index (κ3) is 2.84. The zero-order chi connectivity index (χ0) is 14.8. The molecule has 1 aromatic carbocycles. The minimum Gasteiger partial charge on any atom is -0.395 e. The summed E-state index contributed by atoms with van der Waals surface area (Å²) in [7, 11) is 0. The van der Waals surface area contributed by atoms with Crippen LogP contribution in [0, 0.1) is 6.92 Å². The number of fused-ring (bicyclic) bond motifs is 1. The highest BCUT2D eigenvalue weighted by molar-refractivity contribution is 6.30. The molecule has 108 valence electrons. The fourth-order valence-corrected chi connectivity index (χ4v) is 2.39. The monoisotopic (exact) mass is 302 g/mol. The van der Waals surface area contributed by atoms with E-state index >= 15 is 0 Å². The molecule has 0 bridgehead atoms. The normalized spacial score (nSPS) is 11.0. The topological polar surface area (TPSA) is 62.5 Å². The van der Waals surface area contributed by atoms with Crippen molar-refractivity contribution in [3.05, 3.63) is 47.1 Å². The van der Waals surface area contributed by atoms with Crippen LogP contribution in [-0.4, -0.2) is 32.9 Å². The Morgan fingerprint density at radius 3 is 2.90 bits per heavy atom. The molecule has 0 aliphatic carbocycles. The molecule has 0 spiro atoms. The van der Waals surface area contributed by atoms with Gasteiger partial charge in [0.25, 0.3) is 0 Å². The fraction of sp³-hybridized carbons (Fsp3) is 0.200. The van der Waals surface area contributed by atoms with E-state index in [1.54, 1.807) is 4.52 Å². The van der Waals surface area contributed by atoms with Crippen LogP contribution in [0.2, 0.25) is 5.02 Å². The van der Waals surface area contributed by atoms with Crippen LogP contribution in [-0.2, 0) is 0 Å². The third-order valence-corrected chi connectivity index (χ3v) is 3.33. The number of nitrogens with one attached hydrogen (secondary N) is 1. The number of aliphatic hydroxyl groups is 1. The van der Waals surface area contributed by atoms with Crippen LogP contribution in [0.1, 0.15) is 5.69 Å². The molecule has 0 aliphatic rings. The Morgan fingerprint density at radius 1 is 1.29 bits per heavy atom. The zero-order valence-corrected chi connectivity index (χ0v) is 12.3. The zero-order valence-electron chi connectivity index (χ0n) is 11.5. The highest BCUT2D eigenvalue weighted by Gasteiger charge is 2.09. The summed E-state index contributed by atoms with van der Waals surface area (Å²) >= 11 is 6.03. The molecule has 21 heavy (non-hydrogen) atoms. The first-order valence-electron chi connectivity index (χ1n) is 6.65. The first-order valence-corrected chi connectivity index (χ1v) is 7.03. The standard InChI is InChI=1S/C15H15ClN4O/c1-10-7-14(17-5-6-21)20-15(18-10)9-13(19-20)11-3-2-4-12(16)8-11/h2-4,7-9,17,21H,5-6H2,1H3. The largest absolute Gasteiger partial charge is 0.395 e. The predicted molar refractivity (Wildman–Crippen MR) is 83.7 cm³/mol. The lowest BCUT2D eigenvalue weighted by Gasteiger charge is -2.07. The highest BCUT2D eigenvalue weighted by atomic mass is 35.5. The van der Waals surface area contributed by atoms with E-state index in [9.17, 15) is 0 Å². The molecule has 0 atom stereocenters. The summed E-state index contributed by atoms with van der Waals surface area (Å²) in [6.45, 7) is 2.45. The average Bonchev–Trinajstić information content (AvgIpc) is 2.88. The molecule has 0 radical (unpaired) electrons. The summed E-state index contributed by atoms with van der Waals surface area (Å²) in [5.41, 5.74) is 3.40. The van der Waals surface area contributed by atoms with Crippen LogP contribution in [0.3, 0.4) is 0 Å². The van der Waals surface area contributed by atoms with Gasteiger partial charge in [-0.05, 0) is 19.1 Å². The van der Waals surface area contributed by atoms with Gasteiger partial charge < -0.3 is 10.4 Å². The molecule has 2 aromatic heterocycles. The van der Waals surface area contributed by atoms with Gasteiger partial charge in [0.1, 0.15) is 5.82 Å². The van der Waals surface area contributed by atoms with Crippen molar-refractivity contribution in [2.24, 2.45) is 0 Å². The Morgan fingerprint density at radius 2 is 2.14 bits per heavy atom. The second kappa shape index (κ2) is 5.71. The van der Waals surface area contributed by atoms with Gasteiger partial charge in [-0.2, -0.15) is 9.61 Å². The van der Waals surface area contributed by atoms with Crippen LogP contribution in [0.5, 0.6) is 0 Å². The van der Waals surface area contributed by atoms with E-state index < -0.39 is 0 Å². The quantitative estimate of drug-likeness (QED) is 0.778. The summed E-state index contributed by atoms with van der Waals surface area (Å²) in [6.07, 6.45) is 0. The Bertz CT molecular complexity index is 784. The van der Waals surface area contributed by atoms with Gasteiger partial charge in [-0.25, -0.2) is 4.98 Å². The minimum atomic E-state index is 0.0608. The van der Waals surface area contributed by atoms with Crippen molar-refractivity contribution < 1.29 is 5.11 Å². The molecular formula is C15H15ClN4O. The summed E-state index contributed by atoms with van der Waals surface area (Å²) < 4.78 is 1.74. The van der Waals surface area contributed by atoms with Crippen molar-refractivity contribution in [1.29, 1.82) is 0 Å². The number of nitrogens with zero attached hydrogens (tertiary/aromatic N) is 3. The second-order valence-corrected chi connectivity index (χ2v) is 5.18. The van der Waals surface area contributed by atoms with E-state index in [2.05, 4.69) is 15.4 Å². The van der Waals surface area contributed by atoms with Crippen molar-refractivity contribution in [2.45, 2.75) is 6.92 Å². The summed E-state index contributed by atoms with van der Waals surface area (Å²) in [6, 6.07) is 11.4. The number of aliphatic hydroxyl groups excluding tert-OH is 1. The van der Waals surface area contributed by atoms with Crippen molar-refractivity contribution in [3.8, 4) is 11.3 Å². The van der Waals surface area contributed by atoms with Gasteiger partial charge in [-0.15, -0.1) is 0 Å². The fourth-order valence-electron chi connectivity index (χ4n) is 2.20. The van der Waals surface area contributed by atoms with Gasteiger partial charge in [-0.1, -0.05) is 23.7 Å². The summed E-state index contributed by atoms with van der Waals surface area (Å²) in [4.78, 5) is 4.48. The van der Waals surface area contributed by atoms with Crippen molar-refractivity contribution in [2.75, 3.05) is 18.5 Å². The molecule has 5 nitrogen and oxygen atoms in total. The first kappa shape index (κ1) is 13.9. The molecule has 0 aliphatic heterocycles. The number of anilines is 1. The Kier molecular flexibility index (Phi) is 3.77. The summed E-state index contributed by atoms with van der Waals surface area (Å²) in [5.74, 6) is 0.805. The molecule has 0 saturated heterocycles. The van der Waals surface area contributed by atoms with Crippen LogP contribution >= 0.6 is 11.6 Å². The van der Waals surface area contributed by atoms with E-state index in [1.807, 2.05) is 43.3 Å². The summed E-state index contributed by atoms with van der Waals surface area (Å²) in [5, 5.41) is 17.3. The predicted octanol–water partition coefficient (Wildman–Crippen LogP) is 2.76. The molecule has 2 N–H and O–H groups in total. The lowest BCUT2D eigenvalue weighted by atomic mass is 10.1. The van der Waals surface area contributed by atoms with Crippen molar-refractivity contribution in [1.82, 2.24) is 14.6 Å². The van der Waals surface area contributed by atoms with E-state index in [0.29, 0.717) is 11.6 Å². The molecule has 0 amide bonds. The van der Waals surface area contributed by atoms with Crippen LogP contribution in [0.15, 0.2) is 36.4 Å². The van der Waals surface area contributed by atoms with E-state index in [4.69, 9.17) is 16.7 Å². The Balaban J connectivity index is 2.10. The third-order valence-electron chi connectivity index (χ3n) is 3.09. The SMILES string of the molecule is Cc1cc(NCCO)n2nc(-c3cccc(Cl)c3)cc2n1. The van der Waals surface area contributed by atoms with Gasteiger partial charge in [0.05, 0.1) is 12.3 Å². The maximum absolute atomic E-state index is 8.96. The second-order valence-electron chi connectivity index (χ2n) is 4.74. The van der Waals surface area contributed by atoms with Crippen LogP contribution in [0.4, 0.5) is 5.82 Å². The molecule has 2 heterocycles. The Hall–Kier alpha value is -2.11. The number of benzene rings is 1. The van der Waals surface area contributed by atoms with E-state index in [0.717, 1.165) is 28.4 Å².